The van der Waals surface area contributed by atoms with Crippen LogP contribution in [0.15, 0.2) is 0 Å². The molecule has 0 aromatic heterocycles. The average Bonchev–Trinajstić information content (AvgIpc) is 2.15. The lowest BCUT2D eigenvalue weighted by Gasteiger charge is -2.17. The molecule has 0 heterocycles. The van der Waals surface area contributed by atoms with Crippen molar-refractivity contribution in [2.24, 2.45) is 11.7 Å². The molecule has 2 atom stereocenters. The maximum Gasteiger partial charge on any atom is 0.326 e. The van der Waals surface area contributed by atoms with E-state index in [0.29, 0.717) is 12.8 Å². The van der Waals surface area contributed by atoms with E-state index in [4.69, 9.17) is 10.8 Å². The summed E-state index contributed by atoms with van der Waals surface area (Å²) in [6.07, 6.45) is 1.32. The summed E-state index contributed by atoms with van der Waals surface area (Å²) in [7, 11) is 0. The van der Waals surface area contributed by atoms with E-state index in [9.17, 15) is 9.59 Å². The van der Waals surface area contributed by atoms with Crippen LogP contribution in [-0.4, -0.2) is 29.1 Å². The molecule has 0 saturated carbocycles. The third-order valence-electron chi connectivity index (χ3n) is 2.31. The van der Waals surface area contributed by atoms with Crippen molar-refractivity contribution in [2.45, 2.75) is 52.1 Å². The first-order valence-electron chi connectivity index (χ1n) is 5.64. The molecule has 0 saturated heterocycles. The van der Waals surface area contributed by atoms with E-state index in [2.05, 4.69) is 5.32 Å². The fourth-order valence-corrected chi connectivity index (χ4v) is 1.33. The van der Waals surface area contributed by atoms with Gasteiger partial charge < -0.3 is 16.2 Å². The summed E-state index contributed by atoms with van der Waals surface area (Å²) in [5, 5.41) is 11.4. The molecular formula is C11H22N2O3. The molecule has 4 N–H and O–H groups in total. The molecule has 0 radical (unpaired) electrons. The number of nitrogens with one attached hydrogen (secondary N) is 1. The normalized spacial score (nSPS) is 14.6. The number of nitrogens with two attached hydrogens (primary N) is 1. The third-order valence-corrected chi connectivity index (χ3v) is 2.31. The van der Waals surface area contributed by atoms with Crippen LogP contribution in [0.2, 0.25) is 0 Å². The minimum atomic E-state index is -0.993. The van der Waals surface area contributed by atoms with E-state index in [0.717, 1.165) is 0 Å². The molecule has 0 bridgehead atoms. The highest BCUT2D eigenvalue weighted by Gasteiger charge is 2.21. The molecule has 94 valence electrons. The molecule has 1 unspecified atom stereocenters. The molecule has 0 aliphatic heterocycles. The number of carboxylic acids is 1. The minimum Gasteiger partial charge on any atom is -0.480 e. The van der Waals surface area contributed by atoms with Gasteiger partial charge in [0.05, 0.1) is 0 Å². The van der Waals surface area contributed by atoms with Crippen molar-refractivity contribution in [1.82, 2.24) is 5.32 Å². The topological polar surface area (TPSA) is 92.4 Å². The zero-order valence-corrected chi connectivity index (χ0v) is 10.2. The highest BCUT2D eigenvalue weighted by molar-refractivity contribution is 5.83. The molecule has 5 heteroatoms. The maximum atomic E-state index is 11.5. The lowest BCUT2D eigenvalue weighted by molar-refractivity contribution is -0.142. The van der Waals surface area contributed by atoms with Crippen LogP contribution in [-0.2, 0) is 9.59 Å². The smallest absolute Gasteiger partial charge is 0.326 e. The molecule has 0 aromatic carbocycles. The fraction of sp³-hybridized carbons (Fsp3) is 0.818. The third kappa shape index (κ3) is 6.40. The second-order valence-corrected chi connectivity index (χ2v) is 4.46. The molecule has 0 aromatic rings. The number of rotatable bonds is 7. The van der Waals surface area contributed by atoms with E-state index in [1.807, 2.05) is 20.8 Å². The van der Waals surface area contributed by atoms with Gasteiger partial charge in [0.25, 0.3) is 0 Å². The van der Waals surface area contributed by atoms with Gasteiger partial charge in [0.1, 0.15) is 6.04 Å². The van der Waals surface area contributed by atoms with E-state index in [1.165, 1.54) is 0 Å². The standard InChI is InChI=1S/C11H22N2O3/c1-4-8(12)6-10(14)13-9(11(15)16)5-7(2)3/h7-9H,4-6,12H2,1-3H3,(H,13,14)(H,15,16)/t8?,9-/m0/s1. The number of carboxylic acid groups (broad SMARTS) is 1. The Morgan fingerprint density at radius 1 is 1.38 bits per heavy atom. The largest absolute Gasteiger partial charge is 0.480 e. The highest BCUT2D eigenvalue weighted by Crippen LogP contribution is 2.05. The van der Waals surface area contributed by atoms with Crippen LogP contribution in [0, 0.1) is 5.92 Å². The fourth-order valence-electron chi connectivity index (χ4n) is 1.33. The second kappa shape index (κ2) is 7.22. The summed E-state index contributed by atoms with van der Waals surface area (Å²) >= 11 is 0. The Morgan fingerprint density at radius 3 is 2.31 bits per heavy atom. The Morgan fingerprint density at radius 2 is 1.94 bits per heavy atom. The molecular weight excluding hydrogens is 208 g/mol. The van der Waals surface area contributed by atoms with Crippen molar-refractivity contribution < 1.29 is 14.7 Å². The van der Waals surface area contributed by atoms with Crippen LogP contribution in [0.25, 0.3) is 0 Å². The lowest BCUT2D eigenvalue weighted by Crippen LogP contribution is -2.43. The first-order valence-corrected chi connectivity index (χ1v) is 5.64. The molecule has 0 fully saturated rings. The van der Waals surface area contributed by atoms with Crippen molar-refractivity contribution in [3.05, 3.63) is 0 Å². The Hall–Kier alpha value is -1.10. The van der Waals surface area contributed by atoms with Gasteiger partial charge in [-0.3, -0.25) is 4.79 Å². The first-order chi connectivity index (χ1) is 7.36. The van der Waals surface area contributed by atoms with Crippen molar-refractivity contribution in [3.63, 3.8) is 0 Å². The number of carbonyl (C=O) groups is 2. The summed E-state index contributed by atoms with van der Waals surface area (Å²) in [4.78, 5) is 22.3. The van der Waals surface area contributed by atoms with Crippen LogP contribution in [0.4, 0.5) is 0 Å². The molecule has 16 heavy (non-hydrogen) atoms. The van der Waals surface area contributed by atoms with Gasteiger partial charge in [-0.25, -0.2) is 4.79 Å². The van der Waals surface area contributed by atoms with E-state index in [1.54, 1.807) is 0 Å². The zero-order chi connectivity index (χ0) is 12.7. The molecule has 0 aliphatic carbocycles. The molecule has 0 spiro atoms. The Balaban J connectivity index is 4.18. The quantitative estimate of drug-likeness (QED) is 0.601. The summed E-state index contributed by atoms with van der Waals surface area (Å²) in [5.41, 5.74) is 5.62. The molecule has 0 aliphatic rings. The van der Waals surface area contributed by atoms with Crippen molar-refractivity contribution in [1.29, 1.82) is 0 Å². The predicted molar refractivity (Wildman–Crippen MR) is 61.9 cm³/mol. The van der Waals surface area contributed by atoms with E-state index < -0.39 is 12.0 Å². The van der Waals surface area contributed by atoms with Crippen LogP contribution in [0.5, 0.6) is 0 Å². The lowest BCUT2D eigenvalue weighted by atomic mass is 10.0. The van der Waals surface area contributed by atoms with E-state index >= 15 is 0 Å². The molecule has 5 nitrogen and oxygen atoms in total. The zero-order valence-electron chi connectivity index (χ0n) is 10.2. The monoisotopic (exact) mass is 230 g/mol. The minimum absolute atomic E-state index is 0.179. The van der Waals surface area contributed by atoms with Crippen LogP contribution in [0.1, 0.15) is 40.0 Å². The number of hydrogen-bond donors (Lipinski definition) is 3. The predicted octanol–water partition coefficient (Wildman–Crippen LogP) is 0.729. The summed E-state index contributed by atoms with van der Waals surface area (Å²) in [6.45, 7) is 5.72. The Labute approximate surface area is 96.4 Å². The van der Waals surface area contributed by atoms with Gasteiger partial charge in [-0.2, -0.15) is 0 Å². The van der Waals surface area contributed by atoms with Crippen LogP contribution in [0.3, 0.4) is 0 Å². The summed E-state index contributed by atoms with van der Waals surface area (Å²) < 4.78 is 0. The van der Waals surface area contributed by atoms with E-state index in [-0.39, 0.29) is 24.3 Å². The number of hydrogen-bond acceptors (Lipinski definition) is 3. The molecule has 1 amide bonds. The SMILES string of the molecule is CCC(N)CC(=O)N[C@@H](CC(C)C)C(=O)O. The van der Waals surface area contributed by atoms with Crippen molar-refractivity contribution >= 4 is 11.9 Å². The van der Waals surface area contributed by atoms with Gasteiger partial charge in [-0.1, -0.05) is 20.8 Å². The van der Waals surface area contributed by atoms with Gasteiger partial charge in [0, 0.05) is 12.5 Å². The average molecular weight is 230 g/mol. The maximum absolute atomic E-state index is 11.5. The molecule has 0 rings (SSSR count). The van der Waals surface area contributed by atoms with Gasteiger partial charge in [-0.15, -0.1) is 0 Å². The van der Waals surface area contributed by atoms with Gasteiger partial charge in [0.2, 0.25) is 5.91 Å². The van der Waals surface area contributed by atoms with Gasteiger partial charge in [-0.05, 0) is 18.8 Å². The highest BCUT2D eigenvalue weighted by atomic mass is 16.4. The van der Waals surface area contributed by atoms with Crippen LogP contribution >= 0.6 is 0 Å². The number of aliphatic carboxylic acids is 1. The number of amides is 1. The second-order valence-electron chi connectivity index (χ2n) is 4.46. The number of carbonyl (C=O) groups excluding carboxylic acids is 1. The van der Waals surface area contributed by atoms with Gasteiger partial charge in [0.15, 0.2) is 0 Å². The van der Waals surface area contributed by atoms with Crippen molar-refractivity contribution in [2.75, 3.05) is 0 Å². The summed E-state index contributed by atoms with van der Waals surface area (Å²) in [6, 6.07) is -1.01. The van der Waals surface area contributed by atoms with Gasteiger partial charge >= 0.3 is 5.97 Å². The Kier molecular flexibility index (Phi) is 6.72. The van der Waals surface area contributed by atoms with Crippen molar-refractivity contribution in [3.8, 4) is 0 Å². The Bertz CT molecular complexity index is 241. The van der Waals surface area contributed by atoms with Crippen LogP contribution < -0.4 is 11.1 Å². The first kappa shape index (κ1) is 14.9. The summed E-state index contributed by atoms with van der Waals surface area (Å²) in [5.74, 6) is -1.06.